The van der Waals surface area contributed by atoms with Gasteiger partial charge in [-0.05, 0) is 24.3 Å². The monoisotopic (exact) mass is 344 g/mol. The molecule has 0 bridgehead atoms. The minimum absolute atomic E-state index is 0.127. The third-order valence-corrected chi connectivity index (χ3v) is 5.21. The van der Waals surface area contributed by atoms with Crippen molar-refractivity contribution in [3.05, 3.63) is 35.9 Å². The molecule has 6 nitrogen and oxygen atoms in total. The first-order valence-electron chi connectivity index (χ1n) is 8.75. The van der Waals surface area contributed by atoms with Crippen LogP contribution in [0, 0.1) is 11.8 Å². The highest BCUT2D eigenvalue weighted by molar-refractivity contribution is 6.02. The number of ether oxygens (including phenoxy) is 1. The Kier molecular flexibility index (Phi) is 5.48. The number of nitrogens with one attached hydrogen (secondary N) is 2. The van der Waals surface area contributed by atoms with Gasteiger partial charge in [0.05, 0.1) is 6.61 Å². The van der Waals surface area contributed by atoms with Crippen molar-refractivity contribution in [2.24, 2.45) is 11.8 Å². The number of fused-ring (bicyclic) bond motifs is 1. The standard InChI is InChI=1S/C19H24N2O4/c1-25-8-7-20-18(23)15-11-14-16(21-19(15)24)9-13(10-17(14)22)12-5-3-2-4-6-12/h2-6,13-16H,7-11H2,1H3,(H,20,23)(H,21,24). The van der Waals surface area contributed by atoms with Crippen LogP contribution in [0.1, 0.15) is 30.7 Å². The number of piperidine rings is 1. The van der Waals surface area contributed by atoms with Gasteiger partial charge < -0.3 is 15.4 Å². The summed E-state index contributed by atoms with van der Waals surface area (Å²) in [5.74, 6) is -1.41. The molecule has 2 fully saturated rings. The lowest BCUT2D eigenvalue weighted by Gasteiger charge is -2.40. The van der Waals surface area contributed by atoms with E-state index in [1.165, 1.54) is 0 Å². The molecule has 0 spiro atoms. The van der Waals surface area contributed by atoms with E-state index in [-0.39, 0.29) is 35.5 Å². The fourth-order valence-corrected chi connectivity index (χ4v) is 3.88. The van der Waals surface area contributed by atoms with Crippen LogP contribution in [0.25, 0.3) is 0 Å². The minimum Gasteiger partial charge on any atom is -0.383 e. The number of Topliss-reactive ketones (excluding diaryl/α,β-unsaturated/α-hetero) is 1. The van der Waals surface area contributed by atoms with Crippen molar-refractivity contribution in [3.63, 3.8) is 0 Å². The fraction of sp³-hybridized carbons (Fsp3) is 0.526. The molecule has 2 amide bonds. The second kappa shape index (κ2) is 7.78. The van der Waals surface area contributed by atoms with Crippen LogP contribution in [0.2, 0.25) is 0 Å². The number of amides is 2. The Bertz CT molecular complexity index is 646. The highest BCUT2D eigenvalue weighted by Crippen LogP contribution is 2.38. The van der Waals surface area contributed by atoms with Gasteiger partial charge in [-0.15, -0.1) is 0 Å². The third-order valence-electron chi connectivity index (χ3n) is 5.21. The summed E-state index contributed by atoms with van der Waals surface area (Å²) in [4.78, 5) is 37.2. The number of benzene rings is 1. The molecule has 2 aliphatic rings. The second-order valence-electron chi connectivity index (χ2n) is 6.81. The SMILES string of the molecule is COCCNC(=O)C1CC2C(=O)CC(c3ccccc3)CC2NC1=O. The summed E-state index contributed by atoms with van der Waals surface area (Å²) in [5, 5.41) is 5.61. The number of methoxy groups -OCH3 is 1. The zero-order chi connectivity index (χ0) is 17.8. The molecule has 1 heterocycles. The maximum absolute atomic E-state index is 12.6. The smallest absolute Gasteiger partial charge is 0.232 e. The van der Waals surface area contributed by atoms with E-state index in [9.17, 15) is 14.4 Å². The number of ketones is 1. The first kappa shape index (κ1) is 17.6. The van der Waals surface area contributed by atoms with E-state index in [1.807, 2.05) is 30.3 Å². The number of hydrogen-bond donors (Lipinski definition) is 2. The van der Waals surface area contributed by atoms with Crippen LogP contribution in [-0.4, -0.2) is 43.9 Å². The molecule has 3 rings (SSSR count). The van der Waals surface area contributed by atoms with Crippen LogP contribution in [0.3, 0.4) is 0 Å². The molecule has 1 aliphatic heterocycles. The van der Waals surface area contributed by atoms with E-state index in [1.54, 1.807) is 7.11 Å². The van der Waals surface area contributed by atoms with Gasteiger partial charge in [-0.3, -0.25) is 14.4 Å². The van der Waals surface area contributed by atoms with Gasteiger partial charge in [-0.25, -0.2) is 0 Å². The second-order valence-corrected chi connectivity index (χ2v) is 6.81. The first-order valence-corrected chi connectivity index (χ1v) is 8.75. The average molecular weight is 344 g/mol. The van der Waals surface area contributed by atoms with Gasteiger partial charge in [0, 0.05) is 32.0 Å². The summed E-state index contributed by atoms with van der Waals surface area (Å²) in [6.07, 6.45) is 1.51. The zero-order valence-corrected chi connectivity index (χ0v) is 14.4. The van der Waals surface area contributed by atoms with Crippen molar-refractivity contribution in [2.75, 3.05) is 20.3 Å². The van der Waals surface area contributed by atoms with Crippen molar-refractivity contribution in [1.82, 2.24) is 10.6 Å². The highest BCUT2D eigenvalue weighted by Gasteiger charge is 2.46. The van der Waals surface area contributed by atoms with E-state index in [0.29, 0.717) is 26.0 Å². The average Bonchev–Trinajstić information content (AvgIpc) is 2.62. The van der Waals surface area contributed by atoms with Gasteiger partial charge in [-0.1, -0.05) is 30.3 Å². The van der Waals surface area contributed by atoms with Crippen LogP contribution in [-0.2, 0) is 19.1 Å². The van der Waals surface area contributed by atoms with Gasteiger partial charge in [0.1, 0.15) is 11.7 Å². The number of hydrogen-bond acceptors (Lipinski definition) is 4. The lowest BCUT2D eigenvalue weighted by atomic mass is 9.69. The van der Waals surface area contributed by atoms with Crippen molar-refractivity contribution >= 4 is 17.6 Å². The third kappa shape index (κ3) is 3.90. The van der Waals surface area contributed by atoms with Gasteiger partial charge >= 0.3 is 0 Å². The molecule has 0 radical (unpaired) electrons. The van der Waals surface area contributed by atoms with E-state index in [0.717, 1.165) is 12.0 Å². The van der Waals surface area contributed by atoms with Gasteiger partial charge in [0.15, 0.2) is 0 Å². The van der Waals surface area contributed by atoms with E-state index in [4.69, 9.17) is 4.74 Å². The quantitative estimate of drug-likeness (QED) is 0.617. The molecule has 1 aromatic rings. The van der Waals surface area contributed by atoms with E-state index in [2.05, 4.69) is 10.6 Å². The van der Waals surface area contributed by atoms with Crippen LogP contribution in [0.15, 0.2) is 30.3 Å². The normalized spacial score (nSPS) is 28.8. The van der Waals surface area contributed by atoms with Gasteiger partial charge in [-0.2, -0.15) is 0 Å². The highest BCUT2D eigenvalue weighted by atomic mass is 16.5. The Balaban J connectivity index is 1.66. The summed E-state index contributed by atoms with van der Waals surface area (Å²) in [6.45, 7) is 0.751. The van der Waals surface area contributed by atoms with Crippen LogP contribution in [0.5, 0.6) is 0 Å². The zero-order valence-electron chi connectivity index (χ0n) is 14.4. The Labute approximate surface area is 147 Å². The van der Waals surface area contributed by atoms with Crippen molar-refractivity contribution in [1.29, 1.82) is 0 Å². The van der Waals surface area contributed by atoms with Crippen molar-refractivity contribution < 1.29 is 19.1 Å². The minimum atomic E-state index is -0.796. The molecule has 6 heteroatoms. The molecule has 0 aromatic heterocycles. The van der Waals surface area contributed by atoms with Gasteiger partial charge in [0.25, 0.3) is 0 Å². The van der Waals surface area contributed by atoms with Gasteiger partial charge in [0.2, 0.25) is 11.8 Å². The molecular weight excluding hydrogens is 320 g/mol. The Morgan fingerprint density at radius 1 is 1.24 bits per heavy atom. The predicted molar refractivity (Wildman–Crippen MR) is 91.8 cm³/mol. The lowest BCUT2D eigenvalue weighted by Crippen LogP contribution is -2.57. The Hall–Kier alpha value is -2.21. The lowest BCUT2D eigenvalue weighted by molar-refractivity contribution is -0.142. The number of carbonyl (C=O) groups is 3. The molecule has 134 valence electrons. The van der Waals surface area contributed by atoms with E-state index < -0.39 is 5.92 Å². The maximum Gasteiger partial charge on any atom is 0.232 e. The molecule has 1 aromatic carbocycles. The number of rotatable bonds is 5. The molecule has 1 saturated heterocycles. The predicted octanol–water partition coefficient (Wildman–Crippen LogP) is 1.02. The maximum atomic E-state index is 12.6. The molecule has 4 unspecified atom stereocenters. The van der Waals surface area contributed by atoms with Crippen molar-refractivity contribution in [3.8, 4) is 0 Å². The van der Waals surface area contributed by atoms with Crippen LogP contribution >= 0.6 is 0 Å². The van der Waals surface area contributed by atoms with Crippen LogP contribution in [0.4, 0.5) is 0 Å². The first-order chi connectivity index (χ1) is 12.1. The molecule has 4 atom stereocenters. The Morgan fingerprint density at radius 2 is 2.00 bits per heavy atom. The summed E-state index contributed by atoms with van der Waals surface area (Å²) in [6, 6.07) is 9.75. The largest absolute Gasteiger partial charge is 0.383 e. The number of carbonyl (C=O) groups excluding carboxylic acids is 3. The molecule has 1 saturated carbocycles. The van der Waals surface area contributed by atoms with E-state index >= 15 is 0 Å². The summed E-state index contributed by atoms with van der Waals surface area (Å²) in [7, 11) is 1.55. The topological polar surface area (TPSA) is 84.5 Å². The summed E-state index contributed by atoms with van der Waals surface area (Å²) in [5.41, 5.74) is 1.13. The molecule has 1 aliphatic carbocycles. The fourth-order valence-electron chi connectivity index (χ4n) is 3.88. The molecule has 2 N–H and O–H groups in total. The summed E-state index contributed by atoms with van der Waals surface area (Å²) < 4.78 is 4.89. The molecule has 25 heavy (non-hydrogen) atoms. The van der Waals surface area contributed by atoms with Crippen molar-refractivity contribution in [2.45, 2.75) is 31.2 Å². The van der Waals surface area contributed by atoms with Crippen LogP contribution < -0.4 is 10.6 Å². The summed E-state index contributed by atoms with van der Waals surface area (Å²) >= 11 is 0. The molecular formula is C19H24N2O4. The Morgan fingerprint density at radius 3 is 2.72 bits per heavy atom.